The molecule has 0 bridgehead atoms. The fourth-order valence-electron chi connectivity index (χ4n) is 5.67. The summed E-state index contributed by atoms with van der Waals surface area (Å²) in [6.07, 6.45) is -0.300. The van der Waals surface area contributed by atoms with Crippen LogP contribution in [-0.4, -0.2) is 102 Å². The van der Waals surface area contributed by atoms with Gasteiger partial charge in [0.1, 0.15) is 18.0 Å². The summed E-state index contributed by atoms with van der Waals surface area (Å²) in [5, 5.41) is 3.40. The number of methoxy groups -OCH3 is 1. The molecular weight excluding hydrogens is 584 g/mol. The number of benzene rings is 2. The minimum absolute atomic E-state index is 0.0278. The van der Waals surface area contributed by atoms with Crippen molar-refractivity contribution in [2.75, 3.05) is 51.7 Å². The number of piperazine rings is 1. The smallest absolute Gasteiger partial charge is 0.319 e. The van der Waals surface area contributed by atoms with Crippen molar-refractivity contribution in [3.63, 3.8) is 0 Å². The molecular formula is C30H32ClF2N5O5. The summed E-state index contributed by atoms with van der Waals surface area (Å²) >= 11 is 6.39. The van der Waals surface area contributed by atoms with Crippen LogP contribution in [0.2, 0.25) is 5.02 Å². The number of aryl methyl sites for hydroxylation is 1. The topological polar surface area (TPSA) is 104 Å². The van der Waals surface area contributed by atoms with Crippen molar-refractivity contribution in [3.05, 3.63) is 64.6 Å². The number of carbonyl (C=O) groups is 4. The number of anilines is 1. The Balaban J connectivity index is 1.24. The number of fused-ring (bicyclic) bond motifs is 1. The molecule has 3 amide bonds. The molecule has 1 N–H and O–H groups in total. The van der Waals surface area contributed by atoms with E-state index in [0.717, 1.165) is 21.9 Å². The number of carbonyl (C=O) groups excluding carboxylic acids is 4. The number of alkyl halides is 1. The van der Waals surface area contributed by atoms with Crippen LogP contribution >= 0.6 is 11.6 Å². The molecule has 0 unspecified atom stereocenters. The molecule has 2 aliphatic heterocycles. The van der Waals surface area contributed by atoms with Crippen molar-refractivity contribution in [2.45, 2.75) is 25.1 Å². The highest BCUT2D eigenvalue weighted by molar-refractivity contribution is 6.34. The van der Waals surface area contributed by atoms with Gasteiger partial charge in [0.25, 0.3) is 5.91 Å². The molecule has 0 spiro atoms. The number of nitrogens with zero attached hydrogens (tertiary/aromatic N) is 4. The van der Waals surface area contributed by atoms with Gasteiger partial charge in [-0.1, -0.05) is 29.8 Å². The molecule has 43 heavy (non-hydrogen) atoms. The Morgan fingerprint density at radius 3 is 2.53 bits per heavy atom. The molecule has 13 heteroatoms. The molecule has 0 aliphatic carbocycles. The zero-order valence-corrected chi connectivity index (χ0v) is 24.6. The molecule has 0 radical (unpaired) electrons. The Morgan fingerprint density at radius 1 is 1.09 bits per heavy atom. The minimum atomic E-state index is -1.39. The first-order valence-electron chi connectivity index (χ1n) is 13.9. The number of amides is 3. The maximum atomic E-state index is 15.2. The van der Waals surface area contributed by atoms with E-state index >= 15 is 4.39 Å². The van der Waals surface area contributed by atoms with Gasteiger partial charge in [-0.3, -0.25) is 24.1 Å². The Labute approximate surface area is 252 Å². The number of aromatic nitrogens is 1. The zero-order valence-electron chi connectivity index (χ0n) is 23.8. The monoisotopic (exact) mass is 615 g/mol. The van der Waals surface area contributed by atoms with Crippen LogP contribution in [-0.2, 0) is 32.6 Å². The summed E-state index contributed by atoms with van der Waals surface area (Å²) in [5.41, 5.74) is 1.25. The van der Waals surface area contributed by atoms with Gasteiger partial charge in [-0.2, -0.15) is 0 Å². The first-order valence-corrected chi connectivity index (χ1v) is 14.3. The van der Waals surface area contributed by atoms with Crippen molar-refractivity contribution in [2.24, 2.45) is 7.05 Å². The molecule has 3 heterocycles. The van der Waals surface area contributed by atoms with E-state index in [1.54, 1.807) is 11.1 Å². The molecule has 5 rings (SSSR count). The second kappa shape index (κ2) is 12.7. The predicted molar refractivity (Wildman–Crippen MR) is 156 cm³/mol. The number of esters is 1. The van der Waals surface area contributed by atoms with Gasteiger partial charge < -0.3 is 24.4 Å². The third-order valence-corrected chi connectivity index (χ3v) is 8.30. The van der Waals surface area contributed by atoms with E-state index in [2.05, 4.69) is 10.1 Å². The number of rotatable bonds is 7. The molecule has 2 aliphatic rings. The molecule has 2 fully saturated rings. The summed E-state index contributed by atoms with van der Waals surface area (Å²) in [7, 11) is 3.12. The Kier molecular flexibility index (Phi) is 8.97. The van der Waals surface area contributed by atoms with Gasteiger partial charge in [-0.15, -0.1) is 0 Å². The number of ether oxygens (including phenoxy) is 1. The fourth-order valence-corrected chi connectivity index (χ4v) is 5.91. The molecule has 1 aromatic heterocycles. The Bertz CT molecular complexity index is 1570. The maximum absolute atomic E-state index is 15.2. The van der Waals surface area contributed by atoms with Crippen molar-refractivity contribution in [3.8, 4) is 0 Å². The Morgan fingerprint density at radius 2 is 1.81 bits per heavy atom. The average molecular weight is 616 g/mol. The minimum Gasteiger partial charge on any atom is -0.468 e. The van der Waals surface area contributed by atoms with Crippen molar-refractivity contribution in [1.82, 2.24) is 19.3 Å². The van der Waals surface area contributed by atoms with Crippen molar-refractivity contribution >= 4 is 51.9 Å². The van der Waals surface area contributed by atoms with E-state index in [4.69, 9.17) is 11.6 Å². The first-order chi connectivity index (χ1) is 20.5. The Hall–Kier alpha value is -4.03. The quantitative estimate of drug-likeness (QED) is 0.410. The molecule has 228 valence electrons. The number of para-hydroxylation sites is 1. The van der Waals surface area contributed by atoms with Crippen LogP contribution in [0.3, 0.4) is 0 Å². The molecule has 0 saturated carbocycles. The zero-order chi connectivity index (χ0) is 30.8. The lowest BCUT2D eigenvalue weighted by Crippen LogP contribution is -2.55. The second-order valence-electron chi connectivity index (χ2n) is 10.8. The van der Waals surface area contributed by atoms with Crippen LogP contribution in [0.1, 0.15) is 22.3 Å². The third-order valence-electron chi connectivity index (χ3n) is 7.99. The molecule has 2 atom stereocenters. The summed E-state index contributed by atoms with van der Waals surface area (Å²) in [5.74, 6) is -2.60. The van der Waals surface area contributed by atoms with Crippen molar-refractivity contribution in [1.29, 1.82) is 0 Å². The number of likely N-dealkylation sites (tertiary alicyclic amines) is 1. The van der Waals surface area contributed by atoms with Gasteiger partial charge in [-0.25, -0.2) is 8.78 Å². The third kappa shape index (κ3) is 6.50. The van der Waals surface area contributed by atoms with Gasteiger partial charge in [0.2, 0.25) is 11.8 Å². The number of nitrogens with one attached hydrogen (secondary N) is 1. The van der Waals surface area contributed by atoms with Gasteiger partial charge in [0.05, 0.1) is 42.9 Å². The number of hydrogen-bond acceptors (Lipinski definition) is 6. The van der Waals surface area contributed by atoms with Gasteiger partial charge >= 0.3 is 5.97 Å². The maximum Gasteiger partial charge on any atom is 0.319 e. The van der Waals surface area contributed by atoms with E-state index in [9.17, 15) is 23.6 Å². The molecule has 2 aromatic carbocycles. The van der Waals surface area contributed by atoms with E-state index in [1.165, 1.54) is 13.2 Å². The highest BCUT2D eigenvalue weighted by Crippen LogP contribution is 2.30. The standard InChI is InChI=1S/C30H32ClF2N5O5/c1-35-16-21(20-5-3-4-6-25(20)35)29(41)34-24-14-23(33)18(11-22(24)31)12-27(39)38-15-19(32)13-26(38)30(42)37-9-7-36(8-10-37)17-28(40)43-2/h3-6,11,14,16,19,26H,7-10,12-13,15,17H2,1-2H3,(H,34,41)/t19-,26-/m0/s1. The molecule has 2 saturated heterocycles. The molecule has 10 nitrogen and oxygen atoms in total. The van der Waals surface area contributed by atoms with Crippen LogP contribution < -0.4 is 5.32 Å². The summed E-state index contributed by atoms with van der Waals surface area (Å²) in [6, 6.07) is 8.66. The predicted octanol–water partition coefficient (Wildman–Crippen LogP) is 3.02. The van der Waals surface area contributed by atoms with E-state index in [-0.39, 0.29) is 47.7 Å². The number of halogens is 3. The lowest BCUT2D eigenvalue weighted by Gasteiger charge is -2.36. The number of hydrogen-bond donors (Lipinski definition) is 1. The first kappa shape index (κ1) is 30.4. The van der Waals surface area contributed by atoms with Gasteiger partial charge in [-0.05, 0) is 23.8 Å². The van der Waals surface area contributed by atoms with Gasteiger partial charge in [0, 0.05) is 56.7 Å². The highest BCUT2D eigenvalue weighted by Gasteiger charge is 2.42. The van der Waals surface area contributed by atoms with Crippen molar-refractivity contribution < 1.29 is 32.7 Å². The second-order valence-corrected chi connectivity index (χ2v) is 11.2. The van der Waals surface area contributed by atoms with Crippen LogP contribution in [0.15, 0.2) is 42.6 Å². The van der Waals surface area contributed by atoms with Crippen LogP contribution in [0.25, 0.3) is 10.9 Å². The van der Waals surface area contributed by atoms with E-state index in [1.807, 2.05) is 40.8 Å². The van der Waals surface area contributed by atoms with Crippen LogP contribution in [0, 0.1) is 5.82 Å². The fraction of sp³-hybridized carbons (Fsp3) is 0.400. The molecule has 3 aromatic rings. The average Bonchev–Trinajstić information content (AvgIpc) is 3.55. The van der Waals surface area contributed by atoms with Crippen LogP contribution in [0.5, 0.6) is 0 Å². The normalized spacial score (nSPS) is 19.1. The van der Waals surface area contributed by atoms with Crippen LogP contribution in [0.4, 0.5) is 14.5 Å². The lowest BCUT2D eigenvalue weighted by molar-refractivity contribution is -0.146. The summed E-state index contributed by atoms with van der Waals surface area (Å²) in [6.45, 7) is 1.36. The summed E-state index contributed by atoms with van der Waals surface area (Å²) < 4.78 is 36.2. The van der Waals surface area contributed by atoms with Gasteiger partial charge in [0.15, 0.2) is 0 Å². The SMILES string of the molecule is COC(=O)CN1CCN(C(=O)[C@@H]2C[C@H](F)CN2C(=O)Cc2cc(Cl)c(NC(=O)c3cn(C)c4ccccc34)cc2F)CC1. The highest BCUT2D eigenvalue weighted by atomic mass is 35.5. The summed E-state index contributed by atoms with van der Waals surface area (Å²) in [4.78, 5) is 55.7. The lowest BCUT2D eigenvalue weighted by atomic mass is 10.1. The van der Waals surface area contributed by atoms with E-state index in [0.29, 0.717) is 31.7 Å². The largest absolute Gasteiger partial charge is 0.468 e. The van der Waals surface area contributed by atoms with E-state index < -0.39 is 36.3 Å².